The molecule has 0 atom stereocenters. The number of imidazole rings is 1. The van der Waals surface area contributed by atoms with E-state index in [1.165, 1.54) is 18.2 Å². The topological polar surface area (TPSA) is 143 Å². The van der Waals surface area contributed by atoms with Crippen LogP contribution in [0.5, 0.6) is 0 Å². The van der Waals surface area contributed by atoms with Crippen molar-refractivity contribution in [2.45, 2.75) is 6.92 Å². The molecular formula is C29H22N6O4. The number of pyridine rings is 1. The normalized spacial score (nSPS) is 11.0. The number of non-ortho nitro benzene ring substituents is 1. The molecule has 2 heterocycles. The molecule has 2 aromatic heterocycles. The molecule has 10 heteroatoms. The molecule has 0 bridgehead atoms. The van der Waals surface area contributed by atoms with Gasteiger partial charge in [-0.3, -0.25) is 19.7 Å². The zero-order valence-corrected chi connectivity index (χ0v) is 20.7. The number of H-pyrrole nitrogens is 1. The highest BCUT2D eigenvalue weighted by atomic mass is 16.6. The number of hydrogen-bond acceptors (Lipinski definition) is 6. The number of hydrogen-bond donors (Lipinski definition) is 3. The number of anilines is 2. The molecule has 0 fully saturated rings. The first kappa shape index (κ1) is 25.0. The number of carbonyl (C=O) groups excluding carboxylic acids is 2. The summed E-state index contributed by atoms with van der Waals surface area (Å²) in [7, 11) is 0. The van der Waals surface area contributed by atoms with Crippen molar-refractivity contribution < 1.29 is 14.5 Å². The quantitative estimate of drug-likeness (QED) is 0.142. The van der Waals surface area contributed by atoms with Crippen LogP contribution in [0.1, 0.15) is 21.5 Å². The Morgan fingerprint density at radius 3 is 2.46 bits per heavy atom. The van der Waals surface area contributed by atoms with E-state index in [2.05, 4.69) is 25.6 Å². The molecule has 0 aliphatic heterocycles. The van der Waals surface area contributed by atoms with Crippen LogP contribution in [0.3, 0.4) is 0 Å². The van der Waals surface area contributed by atoms with Gasteiger partial charge in [0.1, 0.15) is 11.3 Å². The molecule has 5 aromatic rings. The minimum Gasteiger partial charge on any atom is -0.323 e. The van der Waals surface area contributed by atoms with Crippen LogP contribution in [0, 0.1) is 17.0 Å². The lowest BCUT2D eigenvalue weighted by molar-refractivity contribution is -0.384. The number of carbonyl (C=O) groups is 2. The van der Waals surface area contributed by atoms with E-state index in [0.29, 0.717) is 39.5 Å². The Balaban J connectivity index is 1.27. The highest BCUT2D eigenvalue weighted by molar-refractivity contribution is 6.07. The van der Waals surface area contributed by atoms with Gasteiger partial charge >= 0.3 is 0 Å². The first-order chi connectivity index (χ1) is 18.9. The van der Waals surface area contributed by atoms with Crippen molar-refractivity contribution in [2.24, 2.45) is 0 Å². The monoisotopic (exact) mass is 518 g/mol. The summed E-state index contributed by atoms with van der Waals surface area (Å²) in [5.41, 5.74) is 4.80. The van der Waals surface area contributed by atoms with Crippen molar-refractivity contribution in [3.8, 4) is 11.4 Å². The van der Waals surface area contributed by atoms with Crippen molar-refractivity contribution in [3.05, 3.63) is 118 Å². The predicted molar refractivity (Wildman–Crippen MR) is 149 cm³/mol. The molecule has 192 valence electrons. The van der Waals surface area contributed by atoms with Crippen LogP contribution in [0.2, 0.25) is 0 Å². The summed E-state index contributed by atoms with van der Waals surface area (Å²) in [6.45, 7) is 1.80. The summed E-state index contributed by atoms with van der Waals surface area (Å²) < 4.78 is 0. The molecule has 0 spiro atoms. The van der Waals surface area contributed by atoms with Gasteiger partial charge < -0.3 is 15.6 Å². The van der Waals surface area contributed by atoms with E-state index in [0.717, 1.165) is 11.1 Å². The Bertz CT molecular complexity index is 1730. The third-order valence-electron chi connectivity index (χ3n) is 5.92. The van der Waals surface area contributed by atoms with Gasteiger partial charge in [0.15, 0.2) is 5.65 Å². The van der Waals surface area contributed by atoms with E-state index in [-0.39, 0.29) is 11.6 Å². The summed E-state index contributed by atoms with van der Waals surface area (Å²) >= 11 is 0. The molecular weight excluding hydrogens is 496 g/mol. The third-order valence-corrected chi connectivity index (χ3v) is 5.92. The van der Waals surface area contributed by atoms with E-state index >= 15 is 0 Å². The second-order valence-corrected chi connectivity index (χ2v) is 8.70. The first-order valence-electron chi connectivity index (χ1n) is 11.9. The molecule has 0 radical (unpaired) electrons. The van der Waals surface area contributed by atoms with Crippen LogP contribution in [0.4, 0.5) is 17.1 Å². The molecule has 0 saturated carbocycles. The second-order valence-electron chi connectivity index (χ2n) is 8.70. The SMILES string of the molecule is Cc1ccc(NC(=O)/C=C/c2ccc([N+](=O)[O-])cc2)cc1C(=O)Nc1cnc2[nH]c(-c3ccccc3)nc2c1. The number of nitro benzene ring substituents is 1. The molecule has 3 aromatic carbocycles. The molecule has 0 unspecified atom stereocenters. The van der Waals surface area contributed by atoms with Crippen LogP contribution in [0.25, 0.3) is 28.6 Å². The highest BCUT2D eigenvalue weighted by Gasteiger charge is 2.13. The number of rotatable bonds is 7. The van der Waals surface area contributed by atoms with Crippen LogP contribution in [0.15, 0.2) is 91.1 Å². The number of benzene rings is 3. The molecule has 39 heavy (non-hydrogen) atoms. The van der Waals surface area contributed by atoms with Crippen molar-refractivity contribution >= 4 is 46.1 Å². The predicted octanol–water partition coefficient (Wildman–Crippen LogP) is 5.75. The Hall–Kier alpha value is -5.64. The maximum atomic E-state index is 13.1. The number of aromatic amines is 1. The van der Waals surface area contributed by atoms with Gasteiger partial charge in [-0.1, -0.05) is 36.4 Å². The van der Waals surface area contributed by atoms with E-state index in [1.54, 1.807) is 55.6 Å². The van der Waals surface area contributed by atoms with Gasteiger partial charge in [0.25, 0.3) is 11.6 Å². The number of amides is 2. The lowest BCUT2D eigenvalue weighted by atomic mass is 10.1. The number of nitrogens with one attached hydrogen (secondary N) is 3. The van der Waals surface area contributed by atoms with E-state index in [1.807, 2.05) is 30.3 Å². The third kappa shape index (κ3) is 5.86. The fraction of sp³-hybridized carbons (Fsp3) is 0.0345. The molecule has 0 aliphatic rings. The van der Waals surface area contributed by atoms with Crippen LogP contribution < -0.4 is 10.6 Å². The van der Waals surface area contributed by atoms with E-state index in [9.17, 15) is 19.7 Å². The van der Waals surface area contributed by atoms with E-state index < -0.39 is 10.8 Å². The standard InChI is InChI=1S/C29H22N6O4/c1-18-7-11-21(31-26(36)14-10-19-8-12-23(13-9-19)35(38)39)15-24(18)29(37)32-22-16-25-28(30-17-22)34-27(33-25)20-5-3-2-4-6-20/h2-17H,1H3,(H,31,36)(H,32,37)(H,30,33,34)/b14-10+. The molecule has 5 rings (SSSR count). The Labute approximate surface area is 222 Å². The highest BCUT2D eigenvalue weighted by Crippen LogP contribution is 2.22. The van der Waals surface area contributed by atoms with Gasteiger partial charge in [-0.05, 0) is 54.5 Å². The zero-order chi connectivity index (χ0) is 27.4. The van der Waals surface area contributed by atoms with Crippen molar-refractivity contribution in [3.63, 3.8) is 0 Å². The van der Waals surface area contributed by atoms with Gasteiger partial charge in [0.2, 0.25) is 5.91 Å². The van der Waals surface area contributed by atoms with Crippen molar-refractivity contribution in [2.75, 3.05) is 10.6 Å². The van der Waals surface area contributed by atoms with E-state index in [4.69, 9.17) is 0 Å². The lowest BCUT2D eigenvalue weighted by Crippen LogP contribution is -2.15. The maximum Gasteiger partial charge on any atom is 0.269 e. The van der Waals surface area contributed by atoms with Crippen LogP contribution in [-0.4, -0.2) is 31.7 Å². The first-order valence-corrected chi connectivity index (χ1v) is 11.9. The molecule has 10 nitrogen and oxygen atoms in total. The minimum atomic E-state index is -0.487. The van der Waals surface area contributed by atoms with Crippen LogP contribution in [-0.2, 0) is 4.79 Å². The summed E-state index contributed by atoms with van der Waals surface area (Å²) in [5, 5.41) is 16.4. The molecule has 3 N–H and O–H groups in total. The van der Waals surface area contributed by atoms with Gasteiger partial charge in [0, 0.05) is 35.0 Å². The Kier molecular flexibility index (Phi) is 6.91. The number of nitrogens with zero attached hydrogens (tertiary/aromatic N) is 3. The molecule has 0 aliphatic carbocycles. The minimum absolute atomic E-state index is 0.0286. The number of fused-ring (bicyclic) bond motifs is 1. The number of aryl methyl sites for hydroxylation is 1. The van der Waals surface area contributed by atoms with Crippen LogP contribution >= 0.6 is 0 Å². The van der Waals surface area contributed by atoms with Gasteiger partial charge in [-0.25, -0.2) is 9.97 Å². The molecule has 0 saturated heterocycles. The zero-order valence-electron chi connectivity index (χ0n) is 20.7. The average molecular weight is 519 g/mol. The van der Waals surface area contributed by atoms with Crippen molar-refractivity contribution in [1.82, 2.24) is 15.0 Å². The summed E-state index contributed by atoms with van der Waals surface area (Å²) in [5.74, 6) is -0.0838. The second kappa shape index (κ2) is 10.8. The number of aromatic nitrogens is 3. The Morgan fingerprint density at radius 1 is 0.949 bits per heavy atom. The summed E-state index contributed by atoms with van der Waals surface area (Å²) in [4.78, 5) is 47.9. The van der Waals surface area contributed by atoms with Gasteiger partial charge in [-0.15, -0.1) is 0 Å². The summed E-state index contributed by atoms with van der Waals surface area (Å²) in [6.07, 6.45) is 4.41. The maximum absolute atomic E-state index is 13.1. The largest absolute Gasteiger partial charge is 0.323 e. The Morgan fingerprint density at radius 2 is 1.72 bits per heavy atom. The van der Waals surface area contributed by atoms with Gasteiger partial charge in [-0.2, -0.15) is 0 Å². The molecule has 2 amide bonds. The fourth-order valence-corrected chi connectivity index (χ4v) is 3.90. The van der Waals surface area contributed by atoms with Gasteiger partial charge in [0.05, 0.1) is 16.8 Å². The number of nitro groups is 1. The lowest BCUT2D eigenvalue weighted by Gasteiger charge is -2.10. The van der Waals surface area contributed by atoms with Crippen molar-refractivity contribution in [1.29, 1.82) is 0 Å². The average Bonchev–Trinajstić information content (AvgIpc) is 3.37. The smallest absolute Gasteiger partial charge is 0.269 e. The fourth-order valence-electron chi connectivity index (χ4n) is 3.90. The summed E-state index contributed by atoms with van der Waals surface area (Å²) in [6, 6.07) is 22.3.